The molecule has 1 saturated heterocycles. The highest BCUT2D eigenvalue weighted by molar-refractivity contribution is 7.80. The monoisotopic (exact) mass is 551 g/mol. The number of carbonyl (C=O) groups is 3. The molecular weight excluding hydrogens is 525 g/mol. The van der Waals surface area contributed by atoms with E-state index in [1.165, 1.54) is 0 Å². The predicted octanol–water partition coefficient (Wildman–Crippen LogP) is 3.53. The topological polar surface area (TPSA) is 97.0 Å². The molecule has 3 rings (SSSR count). The van der Waals surface area contributed by atoms with E-state index in [1.54, 1.807) is 23.1 Å². The van der Waals surface area contributed by atoms with E-state index in [2.05, 4.69) is 10.6 Å². The van der Waals surface area contributed by atoms with Crippen LogP contribution in [-0.2, 0) is 25.5 Å². The van der Waals surface area contributed by atoms with Crippen molar-refractivity contribution < 1.29 is 23.9 Å². The van der Waals surface area contributed by atoms with Crippen molar-refractivity contribution in [3.05, 3.63) is 64.1 Å². The molecule has 0 bridgehead atoms. The highest BCUT2D eigenvalue weighted by Gasteiger charge is 2.34. The molecule has 1 fully saturated rings. The first-order chi connectivity index (χ1) is 17.3. The van der Waals surface area contributed by atoms with Gasteiger partial charge in [-0.1, -0.05) is 53.5 Å². The van der Waals surface area contributed by atoms with Gasteiger partial charge in [-0.3, -0.25) is 14.4 Å². The number of amides is 2. The van der Waals surface area contributed by atoms with Crippen molar-refractivity contribution in [2.75, 3.05) is 26.3 Å². The third-order valence-corrected chi connectivity index (χ3v) is 6.26. The second-order valence-electron chi connectivity index (χ2n) is 8.04. The van der Waals surface area contributed by atoms with Crippen molar-refractivity contribution in [3.8, 4) is 5.75 Å². The molecule has 8 nitrogen and oxygen atoms in total. The summed E-state index contributed by atoms with van der Waals surface area (Å²) in [6, 6.07) is 13.7. The van der Waals surface area contributed by atoms with Gasteiger partial charge in [-0.05, 0) is 42.4 Å². The number of benzene rings is 2. The van der Waals surface area contributed by atoms with E-state index < -0.39 is 12.0 Å². The molecule has 0 saturated carbocycles. The van der Waals surface area contributed by atoms with Crippen molar-refractivity contribution in [3.63, 3.8) is 0 Å². The van der Waals surface area contributed by atoms with E-state index in [4.69, 9.17) is 44.9 Å². The number of thiocarbonyl (C=S) groups is 1. The molecule has 0 aromatic heterocycles. The van der Waals surface area contributed by atoms with Crippen molar-refractivity contribution >= 4 is 58.3 Å². The quantitative estimate of drug-likeness (QED) is 0.265. The number of halogens is 2. The minimum Gasteiger partial charge on any atom is -0.492 e. The van der Waals surface area contributed by atoms with Crippen LogP contribution in [0.2, 0.25) is 10.0 Å². The Morgan fingerprint density at radius 3 is 2.67 bits per heavy atom. The number of hydrogen-bond acceptors (Lipinski definition) is 6. The molecule has 0 radical (unpaired) electrons. The summed E-state index contributed by atoms with van der Waals surface area (Å²) in [7, 11) is 0. The Morgan fingerprint density at radius 2 is 1.92 bits per heavy atom. The Morgan fingerprint density at radius 1 is 1.14 bits per heavy atom. The van der Waals surface area contributed by atoms with E-state index >= 15 is 0 Å². The minimum absolute atomic E-state index is 0.0959. The number of piperazine rings is 1. The van der Waals surface area contributed by atoms with E-state index in [-0.39, 0.29) is 43.0 Å². The van der Waals surface area contributed by atoms with Gasteiger partial charge in [0.25, 0.3) is 0 Å². The molecule has 1 atom stereocenters. The third kappa shape index (κ3) is 8.65. The molecule has 192 valence electrons. The van der Waals surface area contributed by atoms with E-state index in [9.17, 15) is 14.4 Å². The minimum atomic E-state index is -0.855. The summed E-state index contributed by atoms with van der Waals surface area (Å²) in [6.45, 7) is 1.20. The summed E-state index contributed by atoms with van der Waals surface area (Å²) < 4.78 is 10.9. The van der Waals surface area contributed by atoms with Crippen LogP contribution in [0.15, 0.2) is 48.5 Å². The first-order valence-electron chi connectivity index (χ1n) is 11.5. The van der Waals surface area contributed by atoms with Crippen molar-refractivity contribution in [1.82, 2.24) is 15.5 Å². The molecule has 1 aliphatic rings. The molecule has 0 spiro atoms. The Labute approximate surface area is 225 Å². The molecule has 1 heterocycles. The molecule has 2 aromatic rings. The maximum atomic E-state index is 12.5. The van der Waals surface area contributed by atoms with E-state index in [1.807, 2.05) is 30.3 Å². The normalized spacial score (nSPS) is 15.1. The molecule has 2 aromatic carbocycles. The number of ether oxygens (including phenoxy) is 2. The number of rotatable bonds is 10. The summed E-state index contributed by atoms with van der Waals surface area (Å²) in [5.41, 5.74) is 1.05. The standard InChI is InChI=1S/C25H27Cl2N3O5S/c26-18-8-9-21(19(27)15-18)34-13-4-7-22(31)29-25(36)30-12-11-28-24(33)20(30)16-23(32)35-14-10-17-5-2-1-3-6-17/h1-3,5-6,8-9,15,20H,4,7,10-14,16H2,(H,28,33)(H,29,31,36)/t20-/m1/s1. The lowest BCUT2D eigenvalue weighted by Crippen LogP contribution is -2.60. The fourth-order valence-electron chi connectivity index (χ4n) is 3.57. The van der Waals surface area contributed by atoms with Gasteiger partial charge < -0.3 is 25.0 Å². The van der Waals surface area contributed by atoms with Gasteiger partial charge in [0.05, 0.1) is 24.7 Å². The SMILES string of the molecule is O=C(CCCOc1ccc(Cl)cc1Cl)NC(=S)N1CCNC(=O)[C@H]1CC(=O)OCCc1ccccc1. The average molecular weight is 552 g/mol. The average Bonchev–Trinajstić information content (AvgIpc) is 2.84. The first kappa shape index (κ1) is 27.7. The Hall–Kier alpha value is -2.88. The molecular formula is C25H27Cl2N3O5S. The molecule has 1 aliphatic heterocycles. The summed E-state index contributed by atoms with van der Waals surface area (Å²) >= 11 is 17.3. The van der Waals surface area contributed by atoms with Crippen molar-refractivity contribution in [2.24, 2.45) is 0 Å². The lowest BCUT2D eigenvalue weighted by Gasteiger charge is -2.36. The lowest BCUT2D eigenvalue weighted by atomic mass is 10.1. The number of esters is 1. The Kier molecular flexibility index (Phi) is 10.8. The van der Waals surface area contributed by atoms with Gasteiger partial charge in [-0.2, -0.15) is 0 Å². The van der Waals surface area contributed by atoms with Gasteiger partial charge in [0.15, 0.2) is 5.11 Å². The van der Waals surface area contributed by atoms with Gasteiger partial charge in [0.2, 0.25) is 11.8 Å². The predicted molar refractivity (Wildman–Crippen MR) is 141 cm³/mol. The fraction of sp³-hybridized carbons (Fsp3) is 0.360. The van der Waals surface area contributed by atoms with Crippen LogP contribution in [0, 0.1) is 0 Å². The third-order valence-electron chi connectivity index (χ3n) is 5.39. The van der Waals surface area contributed by atoms with E-state index in [0.29, 0.717) is 41.7 Å². The summed E-state index contributed by atoms with van der Waals surface area (Å²) in [5.74, 6) is -0.688. The van der Waals surface area contributed by atoms with Crippen LogP contribution in [0.5, 0.6) is 5.75 Å². The van der Waals surface area contributed by atoms with Gasteiger partial charge >= 0.3 is 5.97 Å². The molecule has 36 heavy (non-hydrogen) atoms. The Bertz CT molecular complexity index is 1090. The fourth-order valence-corrected chi connectivity index (χ4v) is 4.36. The molecule has 2 N–H and O–H groups in total. The zero-order chi connectivity index (χ0) is 25.9. The van der Waals surface area contributed by atoms with Gasteiger partial charge in [0.1, 0.15) is 11.8 Å². The van der Waals surface area contributed by atoms with E-state index in [0.717, 1.165) is 5.56 Å². The first-order valence-corrected chi connectivity index (χ1v) is 12.7. The maximum absolute atomic E-state index is 12.5. The number of nitrogens with one attached hydrogen (secondary N) is 2. The highest BCUT2D eigenvalue weighted by Crippen LogP contribution is 2.27. The van der Waals surface area contributed by atoms with Crippen LogP contribution < -0.4 is 15.4 Å². The summed E-state index contributed by atoms with van der Waals surface area (Å²) in [6.07, 6.45) is 0.977. The molecule has 0 unspecified atom stereocenters. The molecule has 11 heteroatoms. The van der Waals surface area contributed by atoms with Crippen LogP contribution >= 0.6 is 35.4 Å². The van der Waals surface area contributed by atoms with Crippen LogP contribution in [-0.4, -0.2) is 60.1 Å². The second kappa shape index (κ2) is 14.0. The van der Waals surface area contributed by atoms with Crippen molar-refractivity contribution in [2.45, 2.75) is 31.7 Å². The lowest BCUT2D eigenvalue weighted by molar-refractivity contribution is -0.147. The smallest absolute Gasteiger partial charge is 0.308 e. The number of carbonyl (C=O) groups excluding carboxylic acids is 3. The van der Waals surface area contributed by atoms with Gasteiger partial charge in [-0.15, -0.1) is 0 Å². The second-order valence-corrected chi connectivity index (χ2v) is 9.27. The van der Waals surface area contributed by atoms with Crippen LogP contribution in [0.1, 0.15) is 24.8 Å². The van der Waals surface area contributed by atoms with Crippen LogP contribution in [0.3, 0.4) is 0 Å². The van der Waals surface area contributed by atoms with Crippen LogP contribution in [0.25, 0.3) is 0 Å². The molecule has 0 aliphatic carbocycles. The highest BCUT2D eigenvalue weighted by atomic mass is 35.5. The van der Waals surface area contributed by atoms with Gasteiger partial charge in [-0.25, -0.2) is 0 Å². The molecule has 2 amide bonds. The number of hydrogen-bond donors (Lipinski definition) is 2. The Balaban J connectivity index is 1.42. The summed E-state index contributed by atoms with van der Waals surface area (Å²) in [4.78, 5) is 38.8. The van der Waals surface area contributed by atoms with Crippen molar-refractivity contribution in [1.29, 1.82) is 0 Å². The maximum Gasteiger partial charge on any atom is 0.308 e. The zero-order valence-corrected chi connectivity index (χ0v) is 21.8. The number of nitrogens with zero attached hydrogens (tertiary/aromatic N) is 1. The summed E-state index contributed by atoms with van der Waals surface area (Å²) in [5, 5.41) is 6.36. The van der Waals surface area contributed by atoms with Crippen LogP contribution in [0.4, 0.5) is 0 Å². The zero-order valence-electron chi connectivity index (χ0n) is 19.5. The van der Waals surface area contributed by atoms with Gasteiger partial charge in [0, 0.05) is 31.0 Å². The largest absolute Gasteiger partial charge is 0.492 e.